The fraction of sp³-hybridized carbons (Fsp3) is 1.00. The van der Waals surface area contributed by atoms with Crippen LogP contribution < -0.4 is 0 Å². The van der Waals surface area contributed by atoms with Crippen molar-refractivity contribution < 1.29 is 70.2 Å². The Hall–Kier alpha value is -0.830. The van der Waals surface area contributed by atoms with Crippen molar-refractivity contribution in [1.29, 1.82) is 0 Å². The molecule has 0 rings (SSSR count). The second-order valence-electron chi connectivity index (χ2n) is 4.38. The van der Waals surface area contributed by atoms with E-state index in [4.69, 9.17) is 0 Å². The molecule has 152 valence electrons. The first-order valence-corrected chi connectivity index (χ1v) is 5.46. The Bertz CT molecular complexity index is 476. The van der Waals surface area contributed by atoms with Crippen LogP contribution in [0.15, 0.2) is 0 Å². The molecule has 0 radical (unpaired) electrons. The first-order chi connectivity index (χ1) is 10.4. The van der Waals surface area contributed by atoms with Gasteiger partial charge in [0.1, 0.15) is 0 Å². The lowest BCUT2D eigenvalue weighted by molar-refractivity contribution is -0.406. The zero-order valence-corrected chi connectivity index (χ0v) is 11.3. The molecule has 0 N–H and O–H groups in total. The highest BCUT2D eigenvalue weighted by Gasteiger charge is 2.90. The van der Waals surface area contributed by atoms with E-state index in [9.17, 15) is 70.2 Å². The highest BCUT2D eigenvalue weighted by Crippen LogP contribution is 2.65. The molecule has 0 aliphatic carbocycles. The van der Waals surface area contributed by atoms with Crippen LogP contribution in [0, 0.1) is 5.92 Å². The van der Waals surface area contributed by atoms with E-state index >= 15 is 0 Å². The smallest absolute Gasteiger partial charge is 0.196 e. The van der Waals surface area contributed by atoms with E-state index in [1.54, 1.807) is 0 Å². The lowest BCUT2D eigenvalue weighted by Gasteiger charge is -2.45. The average Bonchev–Trinajstić information content (AvgIpc) is 2.20. The van der Waals surface area contributed by atoms with E-state index in [0.717, 1.165) is 0 Å². The van der Waals surface area contributed by atoms with Crippen molar-refractivity contribution in [2.24, 2.45) is 5.92 Å². The zero-order chi connectivity index (χ0) is 21.1. The van der Waals surface area contributed by atoms with Gasteiger partial charge in [0.25, 0.3) is 0 Å². The normalized spacial score (nSPS) is 19.6. The summed E-state index contributed by atoms with van der Waals surface area (Å²) in [5, 5.41) is 0. The van der Waals surface area contributed by atoms with Gasteiger partial charge in [-0.15, -0.1) is 11.6 Å². The molecule has 0 fully saturated rings. The molecule has 2 unspecified atom stereocenters. The van der Waals surface area contributed by atoms with Crippen LogP contribution in [-0.4, -0.2) is 41.4 Å². The zero-order valence-electron chi connectivity index (χ0n) is 10.5. The second-order valence-corrected chi connectivity index (χ2v) is 4.97. The molecule has 0 aromatic rings. The van der Waals surface area contributed by atoms with Crippen molar-refractivity contribution in [3.8, 4) is 0 Å². The van der Waals surface area contributed by atoms with Crippen LogP contribution in [0.5, 0.6) is 0 Å². The highest BCUT2D eigenvalue weighted by atomic mass is 35.5. The minimum atomic E-state index is -7.88. The number of rotatable bonds is 3. The van der Waals surface area contributed by atoms with Gasteiger partial charge in [-0.05, 0) is 0 Å². The van der Waals surface area contributed by atoms with E-state index in [-0.39, 0.29) is 0 Å². The Morgan fingerprint density at radius 3 is 0.960 bits per heavy atom. The molecule has 0 bridgehead atoms. The summed E-state index contributed by atoms with van der Waals surface area (Å²) in [5.74, 6) is -22.3. The summed E-state index contributed by atoms with van der Waals surface area (Å²) in [4.78, 5) is -7.42. The molecule has 0 heterocycles. The summed E-state index contributed by atoms with van der Waals surface area (Å²) in [7, 11) is 0. The fourth-order valence-electron chi connectivity index (χ4n) is 1.57. The van der Waals surface area contributed by atoms with Crippen LogP contribution in [0.1, 0.15) is 0 Å². The van der Waals surface area contributed by atoms with Gasteiger partial charge in [0, 0.05) is 0 Å². The van der Waals surface area contributed by atoms with Crippen LogP contribution >= 0.6 is 11.6 Å². The van der Waals surface area contributed by atoms with Crippen LogP contribution in [0.2, 0.25) is 0 Å². The fourth-order valence-corrected chi connectivity index (χ4v) is 1.94. The maximum absolute atomic E-state index is 13.0. The lowest BCUT2D eigenvalue weighted by atomic mass is 9.79. The third-order valence-corrected chi connectivity index (χ3v) is 3.36. The number of hydrogen-bond donors (Lipinski definition) is 0. The van der Waals surface area contributed by atoms with Gasteiger partial charge in [0.15, 0.2) is 5.92 Å². The molecule has 0 aliphatic rings. The topological polar surface area (TPSA) is 0 Å². The molecular formula is C8HClF16. The SMILES string of the molecule is FC(F)(F)C(C(F)(F)C(F)(F)F)C(Cl)(C(F)(F)F)C(F)(F)C(F)(F)F. The van der Waals surface area contributed by atoms with E-state index < -0.39 is 47.3 Å². The van der Waals surface area contributed by atoms with E-state index in [1.807, 2.05) is 0 Å². The number of hydrogen-bond acceptors (Lipinski definition) is 0. The Morgan fingerprint density at radius 1 is 0.480 bits per heavy atom. The Labute approximate surface area is 130 Å². The molecule has 0 nitrogen and oxygen atoms in total. The van der Waals surface area contributed by atoms with E-state index in [2.05, 4.69) is 11.6 Å². The summed E-state index contributed by atoms with van der Waals surface area (Å²) in [6.45, 7) is 0. The first kappa shape index (κ1) is 24.2. The van der Waals surface area contributed by atoms with Gasteiger partial charge in [-0.3, -0.25) is 0 Å². The van der Waals surface area contributed by atoms with Gasteiger partial charge in [0.05, 0.1) is 0 Å². The molecule has 0 saturated heterocycles. The quantitative estimate of drug-likeness (QED) is 0.370. The molecule has 0 aromatic carbocycles. The predicted molar refractivity (Wildman–Crippen MR) is 46.2 cm³/mol. The summed E-state index contributed by atoms with van der Waals surface area (Å²) < 4.78 is 199. The minimum absolute atomic E-state index is 3.64. The van der Waals surface area contributed by atoms with Gasteiger partial charge < -0.3 is 0 Å². The molecule has 17 heteroatoms. The Kier molecular flexibility index (Phi) is 5.64. The summed E-state index contributed by atoms with van der Waals surface area (Å²) in [6.07, 6.45) is -30.5. The second kappa shape index (κ2) is 5.84. The third-order valence-electron chi connectivity index (χ3n) is 2.69. The standard InChI is InChI=1S/C8HClF16/c9-2(6(17,18)19,5(15,16)8(23,24)25)1(4(12,13)14)3(10,11)7(20,21)22/h1H. The Morgan fingerprint density at radius 2 is 0.800 bits per heavy atom. The van der Waals surface area contributed by atoms with Crippen molar-refractivity contribution in [1.82, 2.24) is 0 Å². The molecule has 0 spiro atoms. The van der Waals surface area contributed by atoms with Crippen molar-refractivity contribution >= 4 is 11.6 Å². The molecule has 25 heavy (non-hydrogen) atoms. The van der Waals surface area contributed by atoms with E-state index in [1.165, 1.54) is 0 Å². The van der Waals surface area contributed by atoms with Crippen molar-refractivity contribution in [3.63, 3.8) is 0 Å². The molecule has 0 aliphatic heterocycles. The predicted octanol–water partition coefficient (Wildman–Crippen LogP) is 6.10. The largest absolute Gasteiger partial charge is 0.455 e. The first-order valence-electron chi connectivity index (χ1n) is 5.08. The number of halogens is 17. The minimum Gasteiger partial charge on any atom is -0.196 e. The molecule has 2 atom stereocenters. The average molecular weight is 437 g/mol. The Balaban J connectivity index is 7.11. The number of alkyl halides is 17. The summed E-state index contributed by atoms with van der Waals surface area (Å²) >= 11 is 3.64. The van der Waals surface area contributed by atoms with Crippen LogP contribution in [0.3, 0.4) is 0 Å². The van der Waals surface area contributed by atoms with Crippen LogP contribution in [0.4, 0.5) is 70.2 Å². The molecular weight excluding hydrogens is 436 g/mol. The monoisotopic (exact) mass is 436 g/mol. The van der Waals surface area contributed by atoms with Gasteiger partial charge in [0.2, 0.25) is 4.87 Å². The molecule has 0 saturated carbocycles. The van der Waals surface area contributed by atoms with Crippen LogP contribution in [0.25, 0.3) is 0 Å². The van der Waals surface area contributed by atoms with Crippen LogP contribution in [-0.2, 0) is 0 Å². The maximum atomic E-state index is 13.0. The third kappa shape index (κ3) is 3.67. The van der Waals surface area contributed by atoms with Gasteiger partial charge in [-0.2, -0.15) is 70.2 Å². The van der Waals surface area contributed by atoms with Crippen molar-refractivity contribution in [2.75, 3.05) is 0 Å². The molecule has 0 aromatic heterocycles. The van der Waals surface area contributed by atoms with Gasteiger partial charge in [-0.1, -0.05) is 0 Å². The van der Waals surface area contributed by atoms with Crippen molar-refractivity contribution in [3.05, 3.63) is 0 Å². The summed E-state index contributed by atoms with van der Waals surface area (Å²) in [5.41, 5.74) is 0. The highest BCUT2D eigenvalue weighted by molar-refractivity contribution is 6.25. The van der Waals surface area contributed by atoms with Gasteiger partial charge >= 0.3 is 36.6 Å². The lowest BCUT2D eigenvalue weighted by Crippen LogP contribution is -2.72. The van der Waals surface area contributed by atoms with E-state index in [0.29, 0.717) is 0 Å². The molecule has 0 amide bonds. The van der Waals surface area contributed by atoms with Gasteiger partial charge in [-0.25, -0.2) is 0 Å². The summed E-state index contributed by atoms with van der Waals surface area (Å²) in [6, 6.07) is 0. The van der Waals surface area contributed by atoms with Crippen molar-refractivity contribution in [2.45, 2.75) is 41.4 Å². The maximum Gasteiger partial charge on any atom is 0.455 e.